The van der Waals surface area contributed by atoms with Gasteiger partial charge >= 0.3 is 0 Å². The second kappa shape index (κ2) is 8.19. The van der Waals surface area contributed by atoms with Crippen molar-refractivity contribution < 1.29 is 17.9 Å². The number of unbranched alkanes of at least 4 members (excludes halogenated alkanes) is 1. The minimum atomic E-state index is -3.86. The number of hydrogen-bond acceptors (Lipinski definition) is 5. The Morgan fingerprint density at radius 2 is 1.85 bits per heavy atom. The van der Waals surface area contributed by atoms with Crippen LogP contribution in [-0.2, 0) is 14.6 Å². The van der Waals surface area contributed by atoms with Gasteiger partial charge in [-0.3, -0.25) is 4.79 Å². The third-order valence-corrected chi connectivity index (χ3v) is 8.27. The predicted molar refractivity (Wildman–Crippen MR) is 104 cm³/mol. The van der Waals surface area contributed by atoms with E-state index in [0.717, 1.165) is 25.3 Å². The van der Waals surface area contributed by atoms with Gasteiger partial charge in [0.1, 0.15) is 5.75 Å². The number of likely N-dealkylation sites (tertiary alicyclic amines) is 1. The summed E-state index contributed by atoms with van der Waals surface area (Å²) in [6.45, 7) is 4.87. The molecule has 1 aromatic carbocycles. The summed E-state index contributed by atoms with van der Waals surface area (Å²) < 4.78 is 30.7. The monoisotopic (exact) mass is 394 g/mol. The first-order chi connectivity index (χ1) is 12.9. The summed E-state index contributed by atoms with van der Waals surface area (Å²) in [4.78, 5) is 14.7. The van der Waals surface area contributed by atoms with Gasteiger partial charge in [-0.1, -0.05) is 13.3 Å². The zero-order chi connectivity index (χ0) is 19.5. The predicted octanol–water partition coefficient (Wildman–Crippen LogP) is 2.37. The topological polar surface area (TPSA) is 89.7 Å². The molecule has 1 saturated heterocycles. The summed E-state index contributed by atoms with van der Waals surface area (Å²) in [6.07, 6.45) is 5.00. The molecule has 1 aliphatic carbocycles. The second-order valence-electron chi connectivity index (χ2n) is 7.78. The molecule has 0 aromatic heterocycles. The van der Waals surface area contributed by atoms with Crippen molar-refractivity contribution in [1.29, 1.82) is 0 Å². The lowest BCUT2D eigenvalue weighted by Gasteiger charge is -2.39. The molecule has 7 heteroatoms. The van der Waals surface area contributed by atoms with Crippen LogP contribution in [0.25, 0.3) is 0 Å². The summed E-state index contributed by atoms with van der Waals surface area (Å²) in [5.41, 5.74) is 5.63. The molecule has 1 heterocycles. The lowest BCUT2D eigenvalue weighted by Crippen LogP contribution is -2.57. The van der Waals surface area contributed by atoms with Gasteiger partial charge in [0.2, 0.25) is 5.91 Å². The molecular weight excluding hydrogens is 364 g/mol. The molecule has 6 nitrogen and oxygen atoms in total. The van der Waals surface area contributed by atoms with Crippen LogP contribution in [0.15, 0.2) is 29.2 Å². The Bertz CT molecular complexity index is 749. The smallest absolute Gasteiger partial charge is 0.239 e. The van der Waals surface area contributed by atoms with Gasteiger partial charge in [-0.15, -0.1) is 0 Å². The maximum absolute atomic E-state index is 13.3. The Hall–Kier alpha value is -1.60. The number of benzene rings is 1. The molecule has 3 rings (SSSR count). The third kappa shape index (κ3) is 4.29. The van der Waals surface area contributed by atoms with Crippen LogP contribution < -0.4 is 10.5 Å². The SMILES string of the molecule is CCCCOc1ccc(S(=O)(=O)C2(C(N)=O)CCN(CC3CC3)CC2)cc1. The van der Waals surface area contributed by atoms with E-state index in [-0.39, 0.29) is 17.7 Å². The first-order valence-electron chi connectivity index (χ1n) is 9.89. The molecule has 0 spiro atoms. The largest absolute Gasteiger partial charge is 0.494 e. The molecule has 150 valence electrons. The number of rotatable bonds is 9. The Labute approximate surface area is 162 Å². The summed E-state index contributed by atoms with van der Waals surface area (Å²) in [7, 11) is -3.86. The Morgan fingerprint density at radius 1 is 1.22 bits per heavy atom. The molecule has 2 N–H and O–H groups in total. The van der Waals surface area contributed by atoms with Crippen molar-refractivity contribution in [2.45, 2.75) is 55.1 Å². The van der Waals surface area contributed by atoms with Crippen LogP contribution in [-0.4, -0.2) is 50.2 Å². The molecular formula is C20H30N2O4S. The molecule has 2 aliphatic rings. The van der Waals surface area contributed by atoms with Crippen molar-refractivity contribution >= 4 is 15.7 Å². The number of ether oxygens (including phenoxy) is 1. The van der Waals surface area contributed by atoms with E-state index in [1.807, 2.05) is 0 Å². The van der Waals surface area contributed by atoms with E-state index in [2.05, 4.69) is 11.8 Å². The fraction of sp³-hybridized carbons (Fsp3) is 0.650. The van der Waals surface area contributed by atoms with Gasteiger partial charge in [-0.2, -0.15) is 0 Å². The van der Waals surface area contributed by atoms with Crippen LogP contribution in [0.1, 0.15) is 45.4 Å². The average Bonchev–Trinajstić information content (AvgIpc) is 3.47. The second-order valence-corrected chi connectivity index (χ2v) is 10.0. The minimum Gasteiger partial charge on any atom is -0.494 e. The number of carbonyl (C=O) groups excluding carboxylic acids is 1. The molecule has 0 unspecified atom stereocenters. The molecule has 0 atom stereocenters. The van der Waals surface area contributed by atoms with E-state index in [0.29, 0.717) is 25.4 Å². The van der Waals surface area contributed by atoms with E-state index in [4.69, 9.17) is 10.5 Å². The molecule has 1 aliphatic heterocycles. The number of amides is 1. The maximum atomic E-state index is 13.3. The van der Waals surface area contributed by atoms with E-state index < -0.39 is 20.5 Å². The Balaban J connectivity index is 1.75. The highest BCUT2D eigenvalue weighted by molar-refractivity contribution is 7.93. The van der Waals surface area contributed by atoms with Crippen LogP contribution in [0.5, 0.6) is 5.75 Å². The zero-order valence-corrected chi connectivity index (χ0v) is 16.8. The fourth-order valence-corrected chi connectivity index (χ4v) is 5.62. The molecule has 1 saturated carbocycles. The number of primary amides is 1. The molecule has 0 bridgehead atoms. The van der Waals surface area contributed by atoms with Gasteiger partial charge < -0.3 is 15.4 Å². The zero-order valence-electron chi connectivity index (χ0n) is 16.0. The number of carbonyl (C=O) groups is 1. The molecule has 1 aromatic rings. The summed E-state index contributed by atoms with van der Waals surface area (Å²) in [6, 6.07) is 6.36. The van der Waals surface area contributed by atoms with Crippen molar-refractivity contribution in [1.82, 2.24) is 4.90 Å². The van der Waals surface area contributed by atoms with Gasteiger partial charge in [0, 0.05) is 19.6 Å². The van der Waals surface area contributed by atoms with Crippen LogP contribution in [0.3, 0.4) is 0 Å². The van der Waals surface area contributed by atoms with E-state index in [1.54, 1.807) is 12.1 Å². The quantitative estimate of drug-likeness (QED) is 0.650. The maximum Gasteiger partial charge on any atom is 0.239 e. The summed E-state index contributed by atoms with van der Waals surface area (Å²) in [5.74, 6) is 0.634. The highest BCUT2D eigenvalue weighted by Gasteiger charge is 2.51. The number of piperidine rings is 1. The fourth-order valence-electron chi connectivity index (χ4n) is 3.68. The summed E-state index contributed by atoms with van der Waals surface area (Å²) >= 11 is 0. The van der Waals surface area contributed by atoms with Gasteiger partial charge in [-0.05, 0) is 62.3 Å². The number of nitrogens with two attached hydrogens (primary N) is 1. The van der Waals surface area contributed by atoms with Crippen molar-refractivity contribution in [2.75, 3.05) is 26.2 Å². The first kappa shape index (κ1) is 20.1. The number of sulfone groups is 1. The van der Waals surface area contributed by atoms with Crippen LogP contribution >= 0.6 is 0 Å². The molecule has 2 fully saturated rings. The van der Waals surface area contributed by atoms with Crippen molar-refractivity contribution in [3.05, 3.63) is 24.3 Å². The van der Waals surface area contributed by atoms with Gasteiger partial charge in [0.15, 0.2) is 14.6 Å². The van der Waals surface area contributed by atoms with Crippen molar-refractivity contribution in [2.24, 2.45) is 11.7 Å². The van der Waals surface area contributed by atoms with Gasteiger partial charge in [0.05, 0.1) is 11.5 Å². The van der Waals surface area contributed by atoms with Crippen LogP contribution in [0, 0.1) is 5.92 Å². The van der Waals surface area contributed by atoms with Gasteiger partial charge in [0.25, 0.3) is 0 Å². The lowest BCUT2D eigenvalue weighted by molar-refractivity contribution is -0.121. The Kier molecular flexibility index (Phi) is 6.11. The van der Waals surface area contributed by atoms with Crippen molar-refractivity contribution in [3.63, 3.8) is 0 Å². The van der Waals surface area contributed by atoms with Gasteiger partial charge in [-0.25, -0.2) is 8.42 Å². The van der Waals surface area contributed by atoms with E-state index in [9.17, 15) is 13.2 Å². The minimum absolute atomic E-state index is 0.139. The molecule has 27 heavy (non-hydrogen) atoms. The standard InChI is InChI=1S/C20H30N2O4S/c1-2-3-14-26-17-6-8-18(9-7-17)27(24,25)20(19(21)23)10-12-22(13-11-20)15-16-4-5-16/h6-9,16H,2-5,10-15H2,1H3,(H2,21,23). The number of hydrogen-bond donors (Lipinski definition) is 1. The van der Waals surface area contributed by atoms with E-state index >= 15 is 0 Å². The molecule has 1 amide bonds. The average molecular weight is 395 g/mol. The van der Waals surface area contributed by atoms with Crippen LogP contribution in [0.4, 0.5) is 0 Å². The first-order valence-corrected chi connectivity index (χ1v) is 11.4. The van der Waals surface area contributed by atoms with Crippen molar-refractivity contribution in [3.8, 4) is 5.75 Å². The highest BCUT2D eigenvalue weighted by Crippen LogP contribution is 2.37. The lowest BCUT2D eigenvalue weighted by atomic mass is 9.95. The normalized spacial score (nSPS) is 20.3. The van der Waals surface area contributed by atoms with E-state index in [1.165, 1.54) is 25.0 Å². The summed E-state index contributed by atoms with van der Waals surface area (Å²) in [5, 5.41) is 0. The highest BCUT2D eigenvalue weighted by atomic mass is 32.2. The Morgan fingerprint density at radius 3 is 2.37 bits per heavy atom. The van der Waals surface area contributed by atoms with Crippen LogP contribution in [0.2, 0.25) is 0 Å². The molecule has 0 radical (unpaired) electrons. The third-order valence-electron chi connectivity index (χ3n) is 5.74. The number of nitrogens with zero attached hydrogens (tertiary/aromatic N) is 1.